The van der Waals surface area contributed by atoms with Crippen LogP contribution >= 0.6 is 11.6 Å². The minimum absolute atomic E-state index is 0.130. The van der Waals surface area contributed by atoms with Crippen LogP contribution in [0, 0.1) is 5.82 Å². The first-order chi connectivity index (χ1) is 11.6. The minimum Gasteiger partial charge on any atom is -0.349 e. The van der Waals surface area contributed by atoms with Gasteiger partial charge < -0.3 is 5.32 Å². The van der Waals surface area contributed by atoms with Crippen LogP contribution < -0.4 is 5.32 Å². The van der Waals surface area contributed by atoms with Crippen molar-refractivity contribution in [1.29, 1.82) is 0 Å². The van der Waals surface area contributed by atoms with Crippen LogP contribution in [0.1, 0.15) is 28.8 Å². The second-order valence-electron chi connectivity index (χ2n) is 6.13. The van der Waals surface area contributed by atoms with Crippen LogP contribution in [0.4, 0.5) is 4.39 Å². The van der Waals surface area contributed by atoms with Crippen LogP contribution in [0.25, 0.3) is 0 Å². The van der Waals surface area contributed by atoms with Gasteiger partial charge >= 0.3 is 0 Å². The fourth-order valence-electron chi connectivity index (χ4n) is 3.01. The second kappa shape index (κ2) is 7.77. The first kappa shape index (κ1) is 16.9. The maximum absolute atomic E-state index is 13.1. The Balaban J connectivity index is 1.51. The highest BCUT2D eigenvalue weighted by atomic mass is 35.5. The summed E-state index contributed by atoms with van der Waals surface area (Å²) < 4.78 is 13.1. The number of likely N-dealkylation sites (tertiary alicyclic amines) is 1. The summed E-state index contributed by atoms with van der Waals surface area (Å²) in [6, 6.07) is 14.4. The zero-order chi connectivity index (χ0) is 16.9. The molecule has 2 aromatic rings. The molecule has 0 saturated carbocycles. The molecule has 1 aliphatic rings. The summed E-state index contributed by atoms with van der Waals surface area (Å²) >= 11 is 5.95. The van der Waals surface area contributed by atoms with Crippen molar-refractivity contribution in [1.82, 2.24) is 10.2 Å². The van der Waals surface area contributed by atoms with Gasteiger partial charge in [-0.3, -0.25) is 9.69 Å². The predicted molar refractivity (Wildman–Crippen MR) is 93.6 cm³/mol. The van der Waals surface area contributed by atoms with Crippen molar-refractivity contribution in [2.24, 2.45) is 0 Å². The Hall–Kier alpha value is -1.91. The average Bonchev–Trinajstić information content (AvgIpc) is 2.57. The van der Waals surface area contributed by atoms with Crippen LogP contribution in [-0.2, 0) is 6.54 Å². The van der Waals surface area contributed by atoms with E-state index in [0.29, 0.717) is 5.56 Å². The first-order valence-electron chi connectivity index (χ1n) is 8.14. The molecular weight excluding hydrogens is 327 g/mol. The van der Waals surface area contributed by atoms with Gasteiger partial charge in [-0.2, -0.15) is 0 Å². The number of amides is 1. The fraction of sp³-hybridized carbons (Fsp3) is 0.316. The highest BCUT2D eigenvalue weighted by molar-refractivity contribution is 6.33. The predicted octanol–water partition coefficient (Wildman–Crippen LogP) is 3.87. The monoisotopic (exact) mass is 346 g/mol. The van der Waals surface area contributed by atoms with Crippen molar-refractivity contribution in [2.45, 2.75) is 25.4 Å². The summed E-state index contributed by atoms with van der Waals surface area (Å²) in [4.78, 5) is 14.7. The van der Waals surface area contributed by atoms with Gasteiger partial charge in [-0.25, -0.2) is 4.39 Å². The molecule has 1 N–H and O–H groups in total. The van der Waals surface area contributed by atoms with Gasteiger partial charge in [0.1, 0.15) is 5.82 Å². The van der Waals surface area contributed by atoms with Crippen molar-refractivity contribution in [3.05, 3.63) is 70.5 Å². The van der Waals surface area contributed by atoms with Gasteiger partial charge in [-0.05, 0) is 36.6 Å². The number of rotatable bonds is 4. The SMILES string of the molecule is O=C(NC1CCN(Cc2ccccc2)CC1)c1ccc(F)cc1Cl. The zero-order valence-corrected chi connectivity index (χ0v) is 14.1. The number of carbonyl (C=O) groups excluding carboxylic acids is 1. The Bertz CT molecular complexity index is 700. The topological polar surface area (TPSA) is 32.3 Å². The van der Waals surface area contributed by atoms with Crippen molar-refractivity contribution < 1.29 is 9.18 Å². The van der Waals surface area contributed by atoms with Gasteiger partial charge in [-0.15, -0.1) is 0 Å². The van der Waals surface area contributed by atoms with E-state index in [4.69, 9.17) is 11.6 Å². The van der Waals surface area contributed by atoms with Crippen LogP contribution in [0.5, 0.6) is 0 Å². The van der Waals surface area contributed by atoms with E-state index >= 15 is 0 Å². The van der Waals surface area contributed by atoms with Gasteiger partial charge in [-0.1, -0.05) is 41.9 Å². The summed E-state index contributed by atoms with van der Waals surface area (Å²) in [5.41, 5.74) is 1.63. The molecule has 0 atom stereocenters. The number of hydrogen-bond donors (Lipinski definition) is 1. The molecule has 24 heavy (non-hydrogen) atoms. The lowest BCUT2D eigenvalue weighted by Gasteiger charge is -2.32. The maximum Gasteiger partial charge on any atom is 0.253 e. The molecule has 1 fully saturated rings. The largest absolute Gasteiger partial charge is 0.349 e. The molecule has 1 saturated heterocycles. The van der Waals surface area contributed by atoms with Crippen molar-refractivity contribution in [3.8, 4) is 0 Å². The summed E-state index contributed by atoms with van der Waals surface area (Å²) in [7, 11) is 0. The molecule has 0 unspecified atom stereocenters. The molecular formula is C19H20ClFN2O. The second-order valence-corrected chi connectivity index (χ2v) is 6.54. The molecule has 0 aliphatic carbocycles. The fourth-order valence-corrected chi connectivity index (χ4v) is 3.27. The Morgan fingerprint density at radius 1 is 1.17 bits per heavy atom. The van der Waals surface area contributed by atoms with Crippen molar-refractivity contribution in [2.75, 3.05) is 13.1 Å². The number of piperidine rings is 1. The molecule has 3 rings (SSSR count). The lowest BCUT2D eigenvalue weighted by molar-refractivity contribution is 0.0909. The van der Waals surface area contributed by atoms with E-state index < -0.39 is 5.82 Å². The third-order valence-corrected chi connectivity index (χ3v) is 4.66. The molecule has 0 aromatic heterocycles. The van der Waals surface area contributed by atoms with Gasteiger partial charge in [0.25, 0.3) is 5.91 Å². The minimum atomic E-state index is -0.439. The number of benzene rings is 2. The Morgan fingerprint density at radius 3 is 2.54 bits per heavy atom. The zero-order valence-electron chi connectivity index (χ0n) is 13.3. The summed E-state index contributed by atoms with van der Waals surface area (Å²) in [5.74, 6) is -0.674. The lowest BCUT2D eigenvalue weighted by Crippen LogP contribution is -2.44. The molecule has 1 heterocycles. The third-order valence-electron chi connectivity index (χ3n) is 4.35. The lowest BCUT2D eigenvalue weighted by atomic mass is 10.0. The quantitative estimate of drug-likeness (QED) is 0.911. The van der Waals surface area contributed by atoms with E-state index in [-0.39, 0.29) is 17.0 Å². The summed E-state index contributed by atoms with van der Waals surface area (Å²) in [6.07, 6.45) is 1.80. The molecule has 1 amide bonds. The Labute approximate surface area is 146 Å². The average molecular weight is 347 g/mol. The van der Waals surface area contributed by atoms with Crippen LogP contribution in [-0.4, -0.2) is 29.9 Å². The maximum atomic E-state index is 13.1. The van der Waals surface area contributed by atoms with Gasteiger partial charge in [0.15, 0.2) is 0 Å². The Morgan fingerprint density at radius 2 is 1.88 bits per heavy atom. The van der Waals surface area contributed by atoms with E-state index in [1.165, 1.54) is 23.8 Å². The van der Waals surface area contributed by atoms with Gasteiger partial charge in [0, 0.05) is 25.7 Å². The Kier molecular flexibility index (Phi) is 5.48. The summed E-state index contributed by atoms with van der Waals surface area (Å²) in [5, 5.41) is 3.15. The van der Waals surface area contributed by atoms with E-state index in [9.17, 15) is 9.18 Å². The smallest absolute Gasteiger partial charge is 0.253 e. The molecule has 126 valence electrons. The van der Waals surface area contributed by atoms with E-state index in [1.807, 2.05) is 6.07 Å². The normalized spacial score (nSPS) is 16.1. The van der Waals surface area contributed by atoms with Gasteiger partial charge in [0.05, 0.1) is 10.6 Å². The van der Waals surface area contributed by atoms with Crippen LogP contribution in [0.15, 0.2) is 48.5 Å². The highest BCUT2D eigenvalue weighted by Gasteiger charge is 2.22. The standard InChI is InChI=1S/C19H20ClFN2O/c20-18-12-15(21)6-7-17(18)19(24)22-16-8-10-23(11-9-16)13-14-4-2-1-3-5-14/h1-7,12,16H,8-11,13H2,(H,22,24). The number of nitrogens with zero attached hydrogens (tertiary/aromatic N) is 1. The molecule has 2 aromatic carbocycles. The highest BCUT2D eigenvalue weighted by Crippen LogP contribution is 2.19. The van der Waals surface area contributed by atoms with Crippen LogP contribution in [0.3, 0.4) is 0 Å². The summed E-state index contributed by atoms with van der Waals surface area (Å²) in [6.45, 7) is 2.82. The molecule has 5 heteroatoms. The third kappa shape index (κ3) is 4.34. The molecule has 0 spiro atoms. The van der Waals surface area contributed by atoms with E-state index in [1.54, 1.807) is 0 Å². The van der Waals surface area contributed by atoms with Gasteiger partial charge in [0.2, 0.25) is 0 Å². The number of halogens is 2. The van der Waals surface area contributed by atoms with Crippen LogP contribution in [0.2, 0.25) is 5.02 Å². The molecule has 0 radical (unpaired) electrons. The number of hydrogen-bond acceptors (Lipinski definition) is 2. The number of carbonyl (C=O) groups is 1. The molecule has 3 nitrogen and oxygen atoms in total. The van der Waals surface area contributed by atoms with Crippen molar-refractivity contribution >= 4 is 17.5 Å². The van der Waals surface area contributed by atoms with E-state index in [0.717, 1.165) is 32.5 Å². The molecule has 0 bridgehead atoms. The first-order valence-corrected chi connectivity index (χ1v) is 8.52. The number of nitrogens with one attached hydrogen (secondary N) is 1. The molecule has 1 aliphatic heterocycles. The van der Waals surface area contributed by atoms with E-state index in [2.05, 4.69) is 34.5 Å². The van der Waals surface area contributed by atoms with Crippen molar-refractivity contribution in [3.63, 3.8) is 0 Å².